The first kappa shape index (κ1) is 28.8. The molecule has 0 bridgehead atoms. The minimum Gasteiger partial charge on any atom is -0.436 e. The van der Waals surface area contributed by atoms with Crippen LogP contribution in [0, 0.1) is 18.6 Å². The van der Waals surface area contributed by atoms with Crippen LogP contribution in [0.4, 0.5) is 20.3 Å². The van der Waals surface area contributed by atoms with E-state index in [0.717, 1.165) is 6.07 Å². The Morgan fingerprint density at radius 2 is 1.82 bits per heavy atom. The largest absolute Gasteiger partial charge is 0.436 e. The van der Waals surface area contributed by atoms with Crippen molar-refractivity contribution in [2.24, 2.45) is 0 Å². The molecule has 0 spiro atoms. The van der Waals surface area contributed by atoms with Crippen LogP contribution in [0.25, 0.3) is 16.6 Å². The number of H-pyrrole nitrogens is 1. The van der Waals surface area contributed by atoms with Gasteiger partial charge in [0.05, 0.1) is 39.9 Å². The monoisotopic (exact) mass is 634 g/mol. The second kappa shape index (κ2) is 11.1. The number of sulfonamides is 1. The van der Waals surface area contributed by atoms with Gasteiger partial charge in [0.15, 0.2) is 11.6 Å². The average Bonchev–Trinajstić information content (AvgIpc) is 3.57. The van der Waals surface area contributed by atoms with Gasteiger partial charge in [-0.3, -0.25) is 9.52 Å². The number of nitrogens with zero attached hydrogens (tertiary/aromatic N) is 3. The number of fused-ring (bicyclic) bond motifs is 1. The van der Waals surface area contributed by atoms with Crippen molar-refractivity contribution < 1.29 is 26.7 Å². The molecular formula is C30H21ClF2N6O4S. The van der Waals surface area contributed by atoms with Gasteiger partial charge in [-0.2, -0.15) is 5.10 Å². The first-order chi connectivity index (χ1) is 21.0. The molecule has 0 aliphatic carbocycles. The number of halogens is 3. The van der Waals surface area contributed by atoms with E-state index in [0.29, 0.717) is 22.2 Å². The number of para-hydroxylation sites is 1. The summed E-state index contributed by atoms with van der Waals surface area (Å²) in [5.74, 6) is -1.73. The highest BCUT2D eigenvalue weighted by molar-refractivity contribution is 7.92. The van der Waals surface area contributed by atoms with Crippen LogP contribution >= 0.6 is 11.6 Å². The molecule has 6 aromatic rings. The first-order valence-electron chi connectivity index (χ1n) is 12.9. The summed E-state index contributed by atoms with van der Waals surface area (Å²) in [5, 5.41) is 4.78. The van der Waals surface area contributed by atoms with Crippen molar-refractivity contribution >= 4 is 49.8 Å². The van der Waals surface area contributed by atoms with E-state index in [1.807, 2.05) is 0 Å². The summed E-state index contributed by atoms with van der Waals surface area (Å²) in [6.07, 6.45) is 2.72. The fourth-order valence-corrected chi connectivity index (χ4v) is 5.86. The van der Waals surface area contributed by atoms with Crippen molar-refractivity contribution in [1.29, 1.82) is 0 Å². The molecule has 0 atom stereocenters. The van der Waals surface area contributed by atoms with E-state index in [2.05, 4.69) is 19.8 Å². The van der Waals surface area contributed by atoms with E-state index in [-0.39, 0.29) is 44.3 Å². The summed E-state index contributed by atoms with van der Waals surface area (Å²) in [4.78, 5) is 20.4. The number of pyridine rings is 1. The lowest BCUT2D eigenvalue weighted by Crippen LogP contribution is -2.14. The molecule has 0 saturated heterocycles. The standard InChI is InChI=1S/C30H21ClF2N6O4S/c1-16-9-28(43-27-8-3-2-7-21(27)32)35-15-26(16)39-30(34)20(14-36-39)29(40)25-11-17-10-22(33)24(13-23(17)37-25)38-44(41,42)19-6-4-5-18(31)12-19/h2-15,37-38H,34H2,1H3. The van der Waals surface area contributed by atoms with E-state index < -0.39 is 27.4 Å². The number of benzene rings is 3. The fourth-order valence-electron chi connectivity index (χ4n) is 4.50. The number of carbonyl (C=O) groups excluding carboxylic acids is 1. The molecule has 44 heavy (non-hydrogen) atoms. The van der Waals surface area contributed by atoms with Gasteiger partial charge in [0.2, 0.25) is 11.7 Å². The highest BCUT2D eigenvalue weighted by atomic mass is 35.5. The summed E-state index contributed by atoms with van der Waals surface area (Å²) >= 11 is 5.90. The number of hydrogen-bond donors (Lipinski definition) is 3. The number of aromatic amines is 1. The number of rotatable bonds is 8. The van der Waals surface area contributed by atoms with E-state index >= 15 is 0 Å². The van der Waals surface area contributed by atoms with Crippen molar-refractivity contribution in [1.82, 2.24) is 19.7 Å². The molecule has 4 N–H and O–H groups in total. The minimum absolute atomic E-state index is 0.0162. The molecule has 0 fully saturated rings. The van der Waals surface area contributed by atoms with Gasteiger partial charge in [-0.1, -0.05) is 29.8 Å². The van der Waals surface area contributed by atoms with E-state index in [1.165, 1.54) is 65.6 Å². The Morgan fingerprint density at radius 1 is 1.02 bits per heavy atom. The first-order valence-corrected chi connectivity index (χ1v) is 14.7. The molecule has 0 aliphatic heterocycles. The Morgan fingerprint density at radius 3 is 2.57 bits per heavy atom. The summed E-state index contributed by atoms with van der Waals surface area (Å²) in [6.45, 7) is 1.75. The van der Waals surface area contributed by atoms with Crippen LogP contribution in [-0.2, 0) is 10.0 Å². The second-order valence-corrected chi connectivity index (χ2v) is 11.8. The van der Waals surface area contributed by atoms with Gasteiger partial charge >= 0.3 is 0 Å². The number of carbonyl (C=O) groups is 1. The maximum atomic E-state index is 14.9. The molecule has 0 saturated carbocycles. The third-order valence-corrected chi connectivity index (χ3v) is 8.29. The van der Waals surface area contributed by atoms with Gasteiger partial charge in [0.25, 0.3) is 10.0 Å². The topological polar surface area (TPSA) is 145 Å². The van der Waals surface area contributed by atoms with Crippen molar-refractivity contribution in [3.8, 4) is 17.3 Å². The smallest absolute Gasteiger partial charge is 0.262 e. The molecular weight excluding hydrogens is 614 g/mol. The Balaban J connectivity index is 1.26. The number of nitrogens with two attached hydrogens (primary N) is 1. The van der Waals surface area contributed by atoms with Gasteiger partial charge in [0, 0.05) is 22.0 Å². The third kappa shape index (κ3) is 5.45. The van der Waals surface area contributed by atoms with Crippen molar-refractivity contribution in [3.05, 3.63) is 119 Å². The molecule has 0 unspecified atom stereocenters. The highest BCUT2D eigenvalue weighted by Crippen LogP contribution is 2.30. The maximum absolute atomic E-state index is 14.9. The lowest BCUT2D eigenvalue weighted by molar-refractivity contribution is 0.103. The Labute approximate surface area is 254 Å². The van der Waals surface area contributed by atoms with Gasteiger partial charge in [0.1, 0.15) is 11.6 Å². The number of ether oxygens (including phenoxy) is 1. The third-order valence-electron chi connectivity index (χ3n) is 6.69. The quantitative estimate of drug-likeness (QED) is 0.164. The van der Waals surface area contributed by atoms with Crippen molar-refractivity contribution in [2.75, 3.05) is 10.5 Å². The number of aromatic nitrogens is 4. The van der Waals surface area contributed by atoms with Crippen LogP contribution in [0.1, 0.15) is 21.6 Å². The molecule has 3 aromatic heterocycles. The van der Waals surface area contributed by atoms with Gasteiger partial charge in [-0.05, 0) is 61.0 Å². The van der Waals surface area contributed by atoms with Gasteiger partial charge < -0.3 is 15.5 Å². The number of anilines is 2. The fraction of sp³-hybridized carbons (Fsp3) is 0.0333. The Bertz CT molecular complexity index is 2200. The lowest BCUT2D eigenvalue weighted by atomic mass is 10.1. The Hall–Kier alpha value is -5.27. The van der Waals surface area contributed by atoms with Crippen molar-refractivity contribution in [3.63, 3.8) is 0 Å². The average molecular weight is 635 g/mol. The summed E-state index contributed by atoms with van der Waals surface area (Å²) in [6, 6.07) is 16.8. The van der Waals surface area contributed by atoms with E-state index in [9.17, 15) is 22.0 Å². The van der Waals surface area contributed by atoms with Crippen LogP contribution in [0.3, 0.4) is 0 Å². The van der Waals surface area contributed by atoms with Crippen LogP contribution in [0.15, 0.2) is 90.1 Å². The molecule has 222 valence electrons. The molecule has 6 rings (SSSR count). The summed E-state index contributed by atoms with van der Waals surface area (Å²) in [7, 11) is -4.15. The molecule has 0 aliphatic rings. The molecule has 3 heterocycles. The highest BCUT2D eigenvalue weighted by Gasteiger charge is 2.22. The van der Waals surface area contributed by atoms with E-state index in [1.54, 1.807) is 25.1 Å². The lowest BCUT2D eigenvalue weighted by Gasteiger charge is -2.11. The number of nitrogens with one attached hydrogen (secondary N) is 2. The van der Waals surface area contributed by atoms with Crippen LogP contribution < -0.4 is 15.2 Å². The van der Waals surface area contributed by atoms with Crippen LogP contribution in [-0.4, -0.2) is 33.9 Å². The predicted molar refractivity (Wildman–Crippen MR) is 161 cm³/mol. The molecule has 14 heteroatoms. The van der Waals surface area contributed by atoms with Crippen LogP contribution in [0.5, 0.6) is 11.6 Å². The normalized spacial score (nSPS) is 11.5. The molecule has 10 nitrogen and oxygen atoms in total. The minimum atomic E-state index is -4.15. The number of aryl methyl sites for hydroxylation is 1. The van der Waals surface area contributed by atoms with Crippen molar-refractivity contribution in [2.45, 2.75) is 11.8 Å². The zero-order valence-electron chi connectivity index (χ0n) is 22.7. The van der Waals surface area contributed by atoms with E-state index in [4.69, 9.17) is 22.1 Å². The number of ketones is 1. The number of nitrogen functional groups attached to an aromatic ring is 1. The molecule has 0 amide bonds. The summed E-state index contributed by atoms with van der Waals surface area (Å²) < 4.78 is 63.5. The molecule has 3 aromatic carbocycles. The second-order valence-electron chi connectivity index (χ2n) is 9.69. The van der Waals surface area contributed by atoms with Crippen LogP contribution in [0.2, 0.25) is 5.02 Å². The Kier molecular flexibility index (Phi) is 7.27. The zero-order chi connectivity index (χ0) is 31.2. The van der Waals surface area contributed by atoms with Gasteiger partial charge in [-0.15, -0.1) is 0 Å². The maximum Gasteiger partial charge on any atom is 0.262 e. The number of hydrogen-bond acceptors (Lipinski definition) is 7. The summed E-state index contributed by atoms with van der Waals surface area (Å²) in [5.41, 5.74) is 7.51. The molecule has 0 radical (unpaired) electrons. The predicted octanol–water partition coefficient (Wildman–Crippen LogP) is 6.39. The van der Waals surface area contributed by atoms with Gasteiger partial charge in [-0.25, -0.2) is 26.9 Å². The SMILES string of the molecule is Cc1cc(Oc2ccccc2F)ncc1-n1ncc(C(=O)c2cc3cc(F)c(NS(=O)(=O)c4cccc(Cl)c4)cc3[nH]2)c1N. The zero-order valence-corrected chi connectivity index (χ0v) is 24.2.